The summed E-state index contributed by atoms with van der Waals surface area (Å²) in [5, 5.41) is 18.4. The molecule has 0 aromatic carbocycles. The minimum atomic E-state index is -1.18. The van der Waals surface area contributed by atoms with Crippen LogP contribution in [0.15, 0.2) is 24.5 Å². The van der Waals surface area contributed by atoms with Gasteiger partial charge in [-0.1, -0.05) is 0 Å². The van der Waals surface area contributed by atoms with Crippen molar-refractivity contribution in [3.05, 3.63) is 29.4 Å². The highest BCUT2D eigenvalue weighted by atomic mass is 32.1. The van der Waals surface area contributed by atoms with Gasteiger partial charge in [-0.2, -0.15) is 0 Å². The number of carboxylic acids is 1. The van der Waals surface area contributed by atoms with E-state index >= 15 is 0 Å². The zero-order valence-electron chi connectivity index (χ0n) is 7.41. The second kappa shape index (κ2) is 3.66. The fourth-order valence-electron chi connectivity index (χ4n) is 1.06. The Balaban J connectivity index is 2.48. The predicted molar refractivity (Wildman–Crippen MR) is 54.0 cm³/mol. The van der Waals surface area contributed by atoms with Gasteiger partial charge in [0.05, 0.1) is 0 Å². The smallest absolute Gasteiger partial charge is 0.351 e. The van der Waals surface area contributed by atoms with E-state index in [4.69, 9.17) is 5.11 Å². The van der Waals surface area contributed by atoms with Crippen LogP contribution in [0.5, 0.6) is 5.88 Å². The Kier molecular flexibility index (Phi) is 2.34. The zero-order chi connectivity index (χ0) is 10.8. The first-order valence-electron chi connectivity index (χ1n) is 4.02. The molecule has 76 valence electrons. The first kappa shape index (κ1) is 9.60. The van der Waals surface area contributed by atoms with Crippen LogP contribution < -0.4 is 0 Å². The largest absolute Gasteiger partial charge is 0.492 e. The Morgan fingerprint density at radius 2 is 2.27 bits per heavy atom. The molecule has 0 saturated carbocycles. The molecular weight excluding hydrogens is 216 g/mol. The Hall–Kier alpha value is -1.95. The Morgan fingerprint density at radius 3 is 2.80 bits per heavy atom. The molecule has 0 saturated heterocycles. The lowest BCUT2D eigenvalue weighted by Gasteiger charge is -1.91. The summed E-state index contributed by atoms with van der Waals surface area (Å²) in [6.45, 7) is 0. The number of aromatic carboxylic acids is 1. The maximum absolute atomic E-state index is 10.7. The normalized spacial score (nSPS) is 10.1. The summed E-state index contributed by atoms with van der Waals surface area (Å²) in [5.74, 6) is -1.63. The molecule has 15 heavy (non-hydrogen) atoms. The second-order valence-corrected chi connectivity index (χ2v) is 3.72. The number of aromatic hydroxyl groups is 1. The first-order chi connectivity index (χ1) is 7.18. The standard InChI is InChI=1S/C9H6N2O3S/c12-7-6(9(13)14)15-8(11-7)5-2-1-3-10-4-5/h1-4,12H,(H,13,14). The first-order valence-corrected chi connectivity index (χ1v) is 4.83. The summed E-state index contributed by atoms with van der Waals surface area (Å²) in [4.78, 5) is 18.1. The number of pyridine rings is 1. The van der Waals surface area contributed by atoms with Crippen molar-refractivity contribution in [3.63, 3.8) is 0 Å². The van der Waals surface area contributed by atoms with Gasteiger partial charge in [-0.05, 0) is 12.1 Å². The van der Waals surface area contributed by atoms with Crippen molar-refractivity contribution < 1.29 is 15.0 Å². The second-order valence-electron chi connectivity index (χ2n) is 2.72. The molecule has 2 heterocycles. The molecule has 6 heteroatoms. The Bertz CT molecular complexity index is 495. The van der Waals surface area contributed by atoms with Crippen LogP contribution in [0.25, 0.3) is 10.6 Å². The van der Waals surface area contributed by atoms with Crippen molar-refractivity contribution in [2.24, 2.45) is 0 Å². The molecule has 0 atom stereocenters. The molecule has 2 aromatic heterocycles. The van der Waals surface area contributed by atoms with Crippen molar-refractivity contribution in [1.29, 1.82) is 0 Å². The third-order valence-electron chi connectivity index (χ3n) is 1.71. The van der Waals surface area contributed by atoms with Crippen molar-refractivity contribution in [2.75, 3.05) is 0 Å². The van der Waals surface area contributed by atoms with Crippen LogP contribution >= 0.6 is 11.3 Å². The Labute approximate surface area is 88.7 Å². The van der Waals surface area contributed by atoms with Crippen LogP contribution in [0.2, 0.25) is 0 Å². The van der Waals surface area contributed by atoms with Crippen LogP contribution in [0, 0.1) is 0 Å². The Morgan fingerprint density at radius 1 is 1.47 bits per heavy atom. The monoisotopic (exact) mass is 222 g/mol. The van der Waals surface area contributed by atoms with Crippen LogP contribution in [0.1, 0.15) is 9.67 Å². The summed E-state index contributed by atoms with van der Waals surface area (Å²) in [7, 11) is 0. The molecule has 0 aliphatic heterocycles. The topological polar surface area (TPSA) is 83.3 Å². The van der Waals surface area contributed by atoms with E-state index < -0.39 is 11.8 Å². The van der Waals surface area contributed by atoms with Crippen LogP contribution in [0.4, 0.5) is 0 Å². The average molecular weight is 222 g/mol. The molecule has 0 aliphatic carbocycles. The van der Waals surface area contributed by atoms with Gasteiger partial charge in [0.15, 0.2) is 4.88 Å². The lowest BCUT2D eigenvalue weighted by Crippen LogP contribution is -1.91. The van der Waals surface area contributed by atoms with Gasteiger partial charge in [0.1, 0.15) is 5.01 Å². The average Bonchev–Trinajstić information content (AvgIpc) is 2.62. The highest BCUT2D eigenvalue weighted by Crippen LogP contribution is 2.30. The summed E-state index contributed by atoms with van der Waals surface area (Å²) in [6.07, 6.45) is 3.17. The highest BCUT2D eigenvalue weighted by Gasteiger charge is 2.17. The van der Waals surface area contributed by atoms with Gasteiger partial charge in [-0.15, -0.1) is 11.3 Å². The predicted octanol–water partition coefficient (Wildman–Crippen LogP) is 1.61. The van der Waals surface area contributed by atoms with E-state index in [1.165, 1.54) is 0 Å². The number of nitrogens with zero attached hydrogens (tertiary/aromatic N) is 2. The van der Waals surface area contributed by atoms with Crippen LogP contribution in [-0.2, 0) is 0 Å². The number of thiazole rings is 1. The summed E-state index contributed by atoms with van der Waals surface area (Å²) < 4.78 is 0. The molecule has 0 bridgehead atoms. The van der Waals surface area contributed by atoms with Gasteiger partial charge in [0.2, 0.25) is 5.88 Å². The van der Waals surface area contributed by atoms with Gasteiger partial charge < -0.3 is 10.2 Å². The number of hydrogen-bond donors (Lipinski definition) is 2. The number of aromatic nitrogens is 2. The molecule has 0 fully saturated rings. The summed E-state index contributed by atoms with van der Waals surface area (Å²) in [5.41, 5.74) is 0.685. The van der Waals surface area contributed by atoms with Crippen LogP contribution in [-0.4, -0.2) is 26.2 Å². The van der Waals surface area contributed by atoms with Gasteiger partial charge >= 0.3 is 5.97 Å². The van der Waals surface area contributed by atoms with E-state index in [0.29, 0.717) is 10.6 Å². The molecule has 2 rings (SSSR count). The minimum Gasteiger partial charge on any atom is -0.492 e. The van der Waals surface area contributed by atoms with Gasteiger partial charge in [-0.3, -0.25) is 4.98 Å². The summed E-state index contributed by atoms with van der Waals surface area (Å²) in [6, 6.07) is 3.46. The number of carboxylic acid groups (broad SMARTS) is 1. The quantitative estimate of drug-likeness (QED) is 0.806. The molecule has 2 aromatic rings. The van der Waals surface area contributed by atoms with E-state index in [0.717, 1.165) is 11.3 Å². The highest BCUT2D eigenvalue weighted by molar-refractivity contribution is 7.17. The van der Waals surface area contributed by atoms with E-state index in [-0.39, 0.29) is 4.88 Å². The number of carbonyl (C=O) groups is 1. The molecule has 2 N–H and O–H groups in total. The molecule has 0 aliphatic rings. The van der Waals surface area contributed by atoms with Crippen molar-refractivity contribution >= 4 is 17.3 Å². The lowest BCUT2D eigenvalue weighted by molar-refractivity contribution is 0.0699. The third-order valence-corrected chi connectivity index (χ3v) is 2.79. The van der Waals surface area contributed by atoms with Gasteiger partial charge in [0.25, 0.3) is 0 Å². The molecule has 0 amide bonds. The lowest BCUT2D eigenvalue weighted by atomic mass is 10.3. The van der Waals surface area contributed by atoms with Gasteiger partial charge in [0, 0.05) is 18.0 Å². The van der Waals surface area contributed by atoms with E-state index in [9.17, 15) is 9.90 Å². The van der Waals surface area contributed by atoms with E-state index in [2.05, 4.69) is 9.97 Å². The van der Waals surface area contributed by atoms with Crippen molar-refractivity contribution in [2.45, 2.75) is 0 Å². The van der Waals surface area contributed by atoms with E-state index in [1.54, 1.807) is 24.5 Å². The maximum atomic E-state index is 10.7. The minimum absolute atomic E-state index is 0.158. The number of hydrogen-bond acceptors (Lipinski definition) is 5. The van der Waals surface area contributed by atoms with Crippen molar-refractivity contribution in [3.8, 4) is 16.5 Å². The zero-order valence-corrected chi connectivity index (χ0v) is 8.23. The van der Waals surface area contributed by atoms with Gasteiger partial charge in [-0.25, -0.2) is 9.78 Å². The van der Waals surface area contributed by atoms with Crippen LogP contribution in [0.3, 0.4) is 0 Å². The molecular formula is C9H6N2O3S. The fraction of sp³-hybridized carbons (Fsp3) is 0. The number of rotatable bonds is 2. The SMILES string of the molecule is O=C(O)c1sc(-c2cccnc2)nc1O. The van der Waals surface area contributed by atoms with Crippen molar-refractivity contribution in [1.82, 2.24) is 9.97 Å². The third kappa shape index (κ3) is 1.79. The van der Waals surface area contributed by atoms with E-state index in [1.807, 2.05) is 0 Å². The maximum Gasteiger partial charge on any atom is 0.351 e. The molecule has 0 spiro atoms. The summed E-state index contributed by atoms with van der Waals surface area (Å²) >= 11 is 0.920. The fourth-order valence-corrected chi connectivity index (χ4v) is 1.85. The molecule has 0 unspecified atom stereocenters. The molecule has 5 nitrogen and oxygen atoms in total. The molecule has 0 radical (unpaired) electrons.